The molecule has 2 aromatic carbocycles. The summed E-state index contributed by atoms with van der Waals surface area (Å²) in [4.78, 5) is 14.5. The van der Waals surface area contributed by atoms with Gasteiger partial charge in [0.05, 0.1) is 17.1 Å². The molecule has 0 radical (unpaired) electrons. The zero-order chi connectivity index (χ0) is 19.0. The molecular formula is C21H22BrNO4. The maximum Gasteiger partial charge on any atom is 0.338 e. The van der Waals surface area contributed by atoms with Crippen molar-refractivity contribution >= 4 is 21.9 Å². The molecule has 6 heteroatoms. The lowest BCUT2D eigenvalue weighted by Crippen LogP contribution is -2.38. The van der Waals surface area contributed by atoms with Gasteiger partial charge in [-0.25, -0.2) is 4.79 Å². The van der Waals surface area contributed by atoms with E-state index in [1.807, 2.05) is 31.2 Å². The van der Waals surface area contributed by atoms with E-state index in [0.717, 1.165) is 30.0 Å². The number of carbonyl (C=O) groups excluding carboxylic acids is 1. The van der Waals surface area contributed by atoms with Crippen LogP contribution in [-0.4, -0.2) is 29.2 Å². The molecule has 0 spiro atoms. The second-order valence-electron chi connectivity index (χ2n) is 6.81. The van der Waals surface area contributed by atoms with E-state index in [1.165, 1.54) is 11.1 Å². The van der Waals surface area contributed by atoms with Crippen molar-refractivity contribution < 1.29 is 19.0 Å². The van der Waals surface area contributed by atoms with Crippen LogP contribution in [0.1, 0.15) is 46.9 Å². The van der Waals surface area contributed by atoms with E-state index in [1.54, 1.807) is 0 Å². The largest absolute Gasteiger partial charge is 0.462 e. The van der Waals surface area contributed by atoms with Crippen LogP contribution in [0, 0.1) is 0 Å². The highest BCUT2D eigenvalue weighted by Crippen LogP contribution is 2.43. The normalized spacial score (nSPS) is 21.0. The van der Waals surface area contributed by atoms with Crippen LogP contribution >= 0.6 is 15.9 Å². The molecule has 4 rings (SSSR count). The lowest BCUT2D eigenvalue weighted by atomic mass is 9.92. The third-order valence-electron chi connectivity index (χ3n) is 5.16. The summed E-state index contributed by atoms with van der Waals surface area (Å²) in [6.45, 7) is 5.48. The molecule has 0 bridgehead atoms. The molecule has 5 nitrogen and oxygen atoms in total. The van der Waals surface area contributed by atoms with Gasteiger partial charge in [-0.05, 0) is 61.2 Å². The molecule has 0 saturated heterocycles. The lowest BCUT2D eigenvalue weighted by Gasteiger charge is -2.39. The van der Waals surface area contributed by atoms with Gasteiger partial charge in [-0.15, -0.1) is 0 Å². The van der Waals surface area contributed by atoms with E-state index in [-0.39, 0.29) is 17.0 Å². The van der Waals surface area contributed by atoms with Crippen LogP contribution in [0.4, 0.5) is 0 Å². The molecular weight excluding hydrogens is 410 g/mol. The molecule has 2 aromatic rings. The molecule has 0 aliphatic carbocycles. The Kier molecular flexibility index (Phi) is 5.10. The molecule has 0 aromatic heterocycles. The first-order valence-electron chi connectivity index (χ1n) is 9.15. The molecule has 2 aliphatic heterocycles. The molecule has 0 saturated carbocycles. The predicted molar refractivity (Wildman–Crippen MR) is 105 cm³/mol. The summed E-state index contributed by atoms with van der Waals surface area (Å²) in [6.07, 6.45) is 0.900. The van der Waals surface area contributed by atoms with E-state index >= 15 is 0 Å². The van der Waals surface area contributed by atoms with Crippen molar-refractivity contribution in [3.8, 4) is 11.5 Å². The first-order chi connectivity index (χ1) is 13.1. The molecule has 2 unspecified atom stereocenters. The fraction of sp³-hybridized carbons (Fsp3) is 0.381. The van der Waals surface area contributed by atoms with E-state index in [2.05, 4.69) is 39.9 Å². The number of alkyl halides is 1. The minimum atomic E-state index is -0.279. The minimum absolute atomic E-state index is 0.227. The van der Waals surface area contributed by atoms with Gasteiger partial charge in [0.1, 0.15) is 0 Å². The smallest absolute Gasteiger partial charge is 0.338 e. The fourth-order valence-electron chi connectivity index (χ4n) is 3.69. The van der Waals surface area contributed by atoms with E-state index in [4.69, 9.17) is 14.2 Å². The van der Waals surface area contributed by atoms with Gasteiger partial charge < -0.3 is 14.2 Å². The number of fused-ring (bicyclic) bond motifs is 2. The van der Waals surface area contributed by atoms with Crippen LogP contribution in [0.2, 0.25) is 0 Å². The van der Waals surface area contributed by atoms with Gasteiger partial charge in [0.2, 0.25) is 6.79 Å². The Labute approximate surface area is 167 Å². The molecule has 142 valence electrons. The first-order valence-corrected chi connectivity index (χ1v) is 10.1. The van der Waals surface area contributed by atoms with Gasteiger partial charge in [0.15, 0.2) is 11.5 Å². The van der Waals surface area contributed by atoms with Crippen LogP contribution < -0.4 is 9.47 Å². The Hall–Kier alpha value is -2.05. The Morgan fingerprint density at radius 2 is 1.93 bits per heavy atom. The van der Waals surface area contributed by atoms with Crippen molar-refractivity contribution in [2.24, 2.45) is 0 Å². The molecule has 0 amide bonds. The Morgan fingerprint density at radius 1 is 1.22 bits per heavy atom. The molecule has 27 heavy (non-hydrogen) atoms. The number of rotatable bonds is 4. The molecule has 2 heterocycles. The monoisotopic (exact) mass is 431 g/mol. The topological polar surface area (TPSA) is 48.0 Å². The number of nitrogens with zero attached hydrogens (tertiary/aromatic N) is 1. The predicted octanol–water partition coefficient (Wildman–Crippen LogP) is 4.43. The van der Waals surface area contributed by atoms with E-state index in [0.29, 0.717) is 19.0 Å². The van der Waals surface area contributed by atoms with Crippen LogP contribution in [0.5, 0.6) is 11.5 Å². The molecule has 2 atom stereocenters. The first kappa shape index (κ1) is 18.3. The summed E-state index contributed by atoms with van der Waals surface area (Å²) in [5, 5.41) is 0. The third-order valence-corrected chi connectivity index (χ3v) is 6.01. The summed E-state index contributed by atoms with van der Waals surface area (Å²) in [7, 11) is 0. The van der Waals surface area contributed by atoms with Crippen LogP contribution in [-0.2, 0) is 17.7 Å². The Morgan fingerprint density at radius 3 is 2.63 bits per heavy atom. The summed E-state index contributed by atoms with van der Waals surface area (Å²) in [5.74, 6) is 1.38. The standard InChI is InChI=1S/C21H22BrNO4/c1-3-25-21(24)15-6-4-14(5-7-15)11-23-13(2)17-10-19-18(26-12-27-19)8-16(17)9-20(23)22/h4-8,10,13,20H,3,9,11-12H2,1-2H3. The summed E-state index contributed by atoms with van der Waals surface area (Å²) >= 11 is 3.84. The summed E-state index contributed by atoms with van der Waals surface area (Å²) in [6, 6.07) is 12.1. The average molecular weight is 432 g/mol. The molecule has 0 N–H and O–H groups in total. The number of esters is 1. The van der Waals surface area contributed by atoms with Crippen LogP contribution in [0.25, 0.3) is 0 Å². The van der Waals surface area contributed by atoms with E-state index in [9.17, 15) is 4.79 Å². The van der Waals surface area contributed by atoms with Crippen LogP contribution in [0.3, 0.4) is 0 Å². The van der Waals surface area contributed by atoms with Gasteiger partial charge in [-0.3, -0.25) is 4.90 Å². The van der Waals surface area contributed by atoms with Crippen molar-refractivity contribution in [1.82, 2.24) is 4.90 Å². The zero-order valence-electron chi connectivity index (χ0n) is 15.4. The highest BCUT2D eigenvalue weighted by Gasteiger charge is 2.32. The fourth-order valence-corrected chi connectivity index (χ4v) is 4.54. The zero-order valence-corrected chi connectivity index (χ0v) is 17.0. The SMILES string of the molecule is CCOC(=O)c1ccc(CN2C(Br)Cc3cc4c(cc3C2C)OCO4)cc1. The Bertz CT molecular complexity index is 852. The Balaban J connectivity index is 1.53. The number of ether oxygens (including phenoxy) is 3. The number of hydrogen-bond acceptors (Lipinski definition) is 5. The average Bonchev–Trinajstić information content (AvgIpc) is 3.12. The maximum atomic E-state index is 11.8. The van der Waals surface area contributed by atoms with Crippen molar-refractivity contribution in [3.63, 3.8) is 0 Å². The van der Waals surface area contributed by atoms with Crippen molar-refractivity contribution in [2.75, 3.05) is 13.4 Å². The van der Waals surface area contributed by atoms with E-state index < -0.39 is 0 Å². The van der Waals surface area contributed by atoms with Gasteiger partial charge in [-0.1, -0.05) is 28.1 Å². The maximum absolute atomic E-state index is 11.8. The second kappa shape index (κ2) is 7.52. The third kappa shape index (κ3) is 3.56. The van der Waals surface area contributed by atoms with Gasteiger partial charge in [-0.2, -0.15) is 0 Å². The number of halogens is 1. The van der Waals surface area contributed by atoms with Gasteiger partial charge in [0, 0.05) is 12.6 Å². The highest BCUT2D eigenvalue weighted by atomic mass is 79.9. The lowest BCUT2D eigenvalue weighted by molar-refractivity contribution is 0.0526. The molecule has 0 fully saturated rings. The minimum Gasteiger partial charge on any atom is -0.462 e. The summed E-state index contributed by atoms with van der Waals surface area (Å²) < 4.78 is 16.1. The van der Waals surface area contributed by atoms with Gasteiger partial charge >= 0.3 is 5.97 Å². The number of benzene rings is 2. The highest BCUT2D eigenvalue weighted by molar-refractivity contribution is 9.09. The van der Waals surface area contributed by atoms with Crippen molar-refractivity contribution in [2.45, 2.75) is 37.8 Å². The number of hydrogen-bond donors (Lipinski definition) is 0. The van der Waals surface area contributed by atoms with Crippen molar-refractivity contribution in [1.29, 1.82) is 0 Å². The van der Waals surface area contributed by atoms with Crippen LogP contribution in [0.15, 0.2) is 36.4 Å². The quantitative estimate of drug-likeness (QED) is 0.407. The number of carbonyl (C=O) groups is 1. The summed E-state index contributed by atoms with van der Waals surface area (Å²) in [5.41, 5.74) is 4.31. The molecule has 2 aliphatic rings. The second-order valence-corrected chi connectivity index (χ2v) is 7.87. The van der Waals surface area contributed by atoms with Gasteiger partial charge in [0.25, 0.3) is 0 Å². The van der Waals surface area contributed by atoms with Crippen molar-refractivity contribution in [3.05, 3.63) is 58.7 Å².